The Morgan fingerprint density at radius 2 is 1.96 bits per heavy atom. The predicted octanol–water partition coefficient (Wildman–Crippen LogP) is 2.27. The van der Waals surface area contributed by atoms with Gasteiger partial charge in [-0.05, 0) is 12.8 Å². The van der Waals surface area contributed by atoms with Crippen molar-refractivity contribution in [3.8, 4) is 0 Å². The first kappa shape index (κ1) is 17.8. The van der Waals surface area contributed by atoms with Crippen LogP contribution in [0.3, 0.4) is 0 Å². The van der Waals surface area contributed by atoms with Crippen molar-refractivity contribution in [3.05, 3.63) is 18.2 Å². The number of carbonyl (C=O) groups is 1. The number of thioether (sulfide) groups is 1. The third-order valence-electron chi connectivity index (χ3n) is 5.24. The van der Waals surface area contributed by atoms with Crippen LogP contribution in [0.25, 0.3) is 0 Å². The monoisotopic (exact) mass is 350 g/mol. The van der Waals surface area contributed by atoms with E-state index < -0.39 is 0 Å². The summed E-state index contributed by atoms with van der Waals surface area (Å²) >= 11 is 1.88. The van der Waals surface area contributed by atoms with Gasteiger partial charge in [0.05, 0.1) is 5.75 Å². The van der Waals surface area contributed by atoms with Crippen LogP contribution >= 0.6 is 11.8 Å². The molecule has 6 heteroatoms. The van der Waals surface area contributed by atoms with Crippen molar-refractivity contribution in [3.63, 3.8) is 0 Å². The lowest BCUT2D eigenvalue weighted by atomic mass is 10.3. The van der Waals surface area contributed by atoms with Crippen molar-refractivity contribution in [1.29, 1.82) is 0 Å². The van der Waals surface area contributed by atoms with Crippen molar-refractivity contribution in [2.24, 2.45) is 0 Å². The van der Waals surface area contributed by atoms with Crippen LogP contribution in [0.15, 0.2) is 12.4 Å². The minimum Gasteiger partial charge on any atom is -0.339 e. The van der Waals surface area contributed by atoms with E-state index in [0.717, 1.165) is 56.8 Å². The second kappa shape index (κ2) is 8.90. The summed E-state index contributed by atoms with van der Waals surface area (Å²) in [5, 5.41) is 0.734. The Labute approximate surface area is 149 Å². The van der Waals surface area contributed by atoms with Gasteiger partial charge in [0.15, 0.2) is 0 Å². The number of hydrogen-bond acceptors (Lipinski definition) is 4. The lowest BCUT2D eigenvalue weighted by molar-refractivity contribution is -0.130. The van der Waals surface area contributed by atoms with Crippen LogP contribution < -0.4 is 0 Å². The van der Waals surface area contributed by atoms with E-state index in [9.17, 15) is 4.79 Å². The van der Waals surface area contributed by atoms with Crippen LogP contribution in [-0.4, -0.2) is 69.0 Å². The molecule has 134 valence electrons. The molecule has 0 radical (unpaired) electrons. The van der Waals surface area contributed by atoms with Crippen LogP contribution in [0, 0.1) is 0 Å². The lowest BCUT2D eigenvalue weighted by Crippen LogP contribution is -2.49. The molecule has 1 aliphatic heterocycles. The fourth-order valence-electron chi connectivity index (χ4n) is 3.66. The molecule has 1 aromatic rings. The number of hydrogen-bond donors (Lipinski definition) is 0. The van der Waals surface area contributed by atoms with E-state index in [1.165, 1.54) is 25.7 Å². The lowest BCUT2D eigenvalue weighted by Gasteiger charge is -2.35. The quantitative estimate of drug-likeness (QED) is 0.756. The SMILES string of the molecule is CCc1nccn1CCN1CCN(C(=O)CSC2CCCC2)CC1. The highest BCUT2D eigenvalue weighted by atomic mass is 32.2. The summed E-state index contributed by atoms with van der Waals surface area (Å²) in [5.74, 6) is 2.18. The van der Waals surface area contributed by atoms with Crippen LogP contribution in [0.1, 0.15) is 38.4 Å². The molecule has 5 nitrogen and oxygen atoms in total. The van der Waals surface area contributed by atoms with E-state index in [1.807, 2.05) is 18.0 Å². The maximum absolute atomic E-state index is 12.4. The molecule has 0 spiro atoms. The minimum absolute atomic E-state index is 0.342. The Balaban J connectivity index is 1.35. The molecule has 24 heavy (non-hydrogen) atoms. The van der Waals surface area contributed by atoms with Crippen LogP contribution in [0.2, 0.25) is 0 Å². The molecule has 0 bridgehead atoms. The zero-order chi connectivity index (χ0) is 16.8. The van der Waals surface area contributed by atoms with E-state index in [2.05, 4.69) is 32.5 Å². The third kappa shape index (κ3) is 4.76. The number of aryl methyl sites for hydroxylation is 1. The molecule has 3 rings (SSSR count). The molecular formula is C18H30N4OS. The van der Waals surface area contributed by atoms with Crippen LogP contribution in [-0.2, 0) is 17.8 Å². The van der Waals surface area contributed by atoms with E-state index in [-0.39, 0.29) is 0 Å². The summed E-state index contributed by atoms with van der Waals surface area (Å²) in [6, 6.07) is 0. The molecule has 1 saturated carbocycles. The average Bonchev–Trinajstić information content (AvgIpc) is 3.29. The van der Waals surface area contributed by atoms with Crippen molar-refractivity contribution in [1.82, 2.24) is 19.4 Å². The number of rotatable bonds is 7. The van der Waals surface area contributed by atoms with Gasteiger partial charge in [-0.15, -0.1) is 11.8 Å². The summed E-state index contributed by atoms with van der Waals surface area (Å²) in [4.78, 5) is 21.3. The minimum atomic E-state index is 0.342. The van der Waals surface area contributed by atoms with Gasteiger partial charge >= 0.3 is 0 Å². The highest BCUT2D eigenvalue weighted by Crippen LogP contribution is 2.29. The van der Waals surface area contributed by atoms with E-state index in [1.54, 1.807) is 0 Å². The zero-order valence-corrected chi connectivity index (χ0v) is 15.6. The van der Waals surface area contributed by atoms with Crippen molar-refractivity contribution < 1.29 is 4.79 Å². The molecule has 1 aliphatic carbocycles. The molecule has 2 fully saturated rings. The Hall–Kier alpha value is -1.01. The molecule has 0 unspecified atom stereocenters. The fraction of sp³-hybridized carbons (Fsp3) is 0.778. The van der Waals surface area contributed by atoms with Gasteiger partial charge in [-0.2, -0.15) is 0 Å². The smallest absolute Gasteiger partial charge is 0.232 e. The summed E-state index contributed by atoms with van der Waals surface area (Å²) in [6.45, 7) is 7.94. The van der Waals surface area contributed by atoms with Gasteiger partial charge in [0.25, 0.3) is 0 Å². The first-order valence-electron chi connectivity index (χ1n) is 9.38. The van der Waals surface area contributed by atoms with Crippen molar-refractivity contribution in [2.75, 3.05) is 38.5 Å². The summed E-state index contributed by atoms with van der Waals surface area (Å²) < 4.78 is 2.25. The summed E-state index contributed by atoms with van der Waals surface area (Å²) in [7, 11) is 0. The molecule has 1 amide bonds. The van der Waals surface area contributed by atoms with E-state index >= 15 is 0 Å². The largest absolute Gasteiger partial charge is 0.339 e. The first-order valence-corrected chi connectivity index (χ1v) is 10.4. The first-order chi connectivity index (χ1) is 11.8. The zero-order valence-electron chi connectivity index (χ0n) is 14.8. The van der Waals surface area contributed by atoms with Gasteiger partial charge < -0.3 is 9.47 Å². The second-order valence-corrected chi connectivity index (χ2v) is 8.12. The Morgan fingerprint density at radius 3 is 2.67 bits per heavy atom. The van der Waals surface area contributed by atoms with E-state index in [0.29, 0.717) is 11.7 Å². The van der Waals surface area contributed by atoms with Crippen molar-refractivity contribution in [2.45, 2.75) is 50.8 Å². The van der Waals surface area contributed by atoms with Gasteiger partial charge in [-0.25, -0.2) is 4.98 Å². The molecule has 1 aromatic heterocycles. The number of imidazole rings is 1. The number of carbonyl (C=O) groups excluding carboxylic acids is 1. The standard InChI is InChI=1S/C18H30N4OS/c1-2-17-19-7-8-21(17)12-9-20-10-13-22(14-11-20)18(23)15-24-16-5-3-4-6-16/h7-8,16H,2-6,9-15H2,1H3. The maximum atomic E-state index is 12.4. The number of amides is 1. The second-order valence-electron chi connectivity index (χ2n) is 6.83. The summed E-state index contributed by atoms with van der Waals surface area (Å²) in [6.07, 6.45) is 10.2. The number of piperazine rings is 1. The Morgan fingerprint density at radius 1 is 1.21 bits per heavy atom. The molecule has 1 saturated heterocycles. The molecule has 0 aromatic carbocycles. The maximum Gasteiger partial charge on any atom is 0.232 e. The molecule has 2 aliphatic rings. The van der Waals surface area contributed by atoms with Gasteiger partial charge in [0.2, 0.25) is 5.91 Å². The van der Waals surface area contributed by atoms with Gasteiger partial charge in [-0.1, -0.05) is 19.8 Å². The summed E-state index contributed by atoms with van der Waals surface area (Å²) in [5.41, 5.74) is 0. The van der Waals surface area contributed by atoms with Gasteiger partial charge in [0.1, 0.15) is 5.82 Å². The average molecular weight is 351 g/mol. The van der Waals surface area contributed by atoms with Gasteiger partial charge in [0, 0.05) is 63.3 Å². The molecule has 0 atom stereocenters. The highest BCUT2D eigenvalue weighted by molar-refractivity contribution is 8.00. The Bertz CT molecular complexity index is 519. The van der Waals surface area contributed by atoms with Gasteiger partial charge in [-0.3, -0.25) is 9.69 Å². The highest BCUT2D eigenvalue weighted by Gasteiger charge is 2.23. The third-order valence-corrected chi connectivity index (χ3v) is 6.60. The molecular weight excluding hydrogens is 320 g/mol. The molecule has 2 heterocycles. The molecule has 0 N–H and O–H groups in total. The van der Waals surface area contributed by atoms with E-state index in [4.69, 9.17) is 0 Å². The fourth-order valence-corrected chi connectivity index (χ4v) is 4.89. The predicted molar refractivity (Wildman–Crippen MR) is 99.3 cm³/mol. The normalized spacial score (nSPS) is 20.0. The number of nitrogens with zero attached hydrogens (tertiary/aromatic N) is 4. The van der Waals surface area contributed by atoms with Crippen LogP contribution in [0.4, 0.5) is 0 Å². The number of aromatic nitrogens is 2. The van der Waals surface area contributed by atoms with Crippen molar-refractivity contribution >= 4 is 17.7 Å². The topological polar surface area (TPSA) is 41.4 Å². The van der Waals surface area contributed by atoms with Crippen LogP contribution in [0.5, 0.6) is 0 Å². The Kier molecular flexibility index (Phi) is 6.60.